The third-order valence-electron chi connectivity index (χ3n) is 5.42. The predicted molar refractivity (Wildman–Crippen MR) is 92.2 cm³/mol. The molecule has 0 heteroatoms. The molecule has 120 valence electrons. The van der Waals surface area contributed by atoms with Crippen LogP contribution in [0.5, 0.6) is 0 Å². The van der Waals surface area contributed by atoms with Crippen molar-refractivity contribution in [2.24, 2.45) is 11.8 Å². The molecule has 0 radical (unpaired) electrons. The van der Waals surface area contributed by atoms with Crippen molar-refractivity contribution in [3.8, 4) is 0 Å². The number of hydrogen-bond donors (Lipinski definition) is 0. The average Bonchev–Trinajstić information content (AvgIpc) is 2.90. The van der Waals surface area contributed by atoms with Gasteiger partial charge in [-0.1, -0.05) is 117 Å². The highest BCUT2D eigenvalue weighted by Gasteiger charge is 2.25. The maximum absolute atomic E-state index is 2.31. The zero-order valence-corrected chi connectivity index (χ0v) is 14.5. The minimum atomic E-state index is 1.10. The van der Waals surface area contributed by atoms with Crippen molar-refractivity contribution >= 4 is 0 Å². The fourth-order valence-corrected chi connectivity index (χ4v) is 4.07. The van der Waals surface area contributed by atoms with Gasteiger partial charge in [-0.25, -0.2) is 0 Å². The lowest BCUT2D eigenvalue weighted by molar-refractivity contribution is 0.322. The molecule has 0 N–H and O–H groups in total. The van der Waals surface area contributed by atoms with Gasteiger partial charge in [0.1, 0.15) is 0 Å². The Balaban J connectivity index is 1.99. The molecule has 1 aliphatic carbocycles. The van der Waals surface area contributed by atoms with Crippen molar-refractivity contribution in [2.75, 3.05) is 0 Å². The van der Waals surface area contributed by atoms with Crippen molar-refractivity contribution in [1.29, 1.82) is 0 Å². The fourth-order valence-electron chi connectivity index (χ4n) is 4.07. The Labute approximate surface area is 129 Å². The molecule has 0 unspecified atom stereocenters. The molecule has 0 aromatic carbocycles. The molecule has 1 fully saturated rings. The van der Waals surface area contributed by atoms with Crippen molar-refractivity contribution in [3.05, 3.63) is 0 Å². The summed E-state index contributed by atoms with van der Waals surface area (Å²) in [5.41, 5.74) is 0. The lowest BCUT2D eigenvalue weighted by Gasteiger charge is -2.19. The molecular formula is C20H40. The van der Waals surface area contributed by atoms with Crippen LogP contribution in [0.25, 0.3) is 0 Å². The van der Waals surface area contributed by atoms with Crippen LogP contribution in [0.3, 0.4) is 0 Å². The van der Waals surface area contributed by atoms with E-state index in [-0.39, 0.29) is 0 Å². The Morgan fingerprint density at radius 2 is 0.950 bits per heavy atom. The van der Waals surface area contributed by atoms with E-state index in [1.54, 1.807) is 25.7 Å². The van der Waals surface area contributed by atoms with Crippen LogP contribution in [0.2, 0.25) is 0 Å². The van der Waals surface area contributed by atoms with Gasteiger partial charge in [0.25, 0.3) is 0 Å². The molecule has 0 heterocycles. The topological polar surface area (TPSA) is 0 Å². The molecule has 20 heavy (non-hydrogen) atoms. The minimum Gasteiger partial charge on any atom is -0.0654 e. The SMILES string of the molecule is CCCCCCCC[C@H]1CCC[C@H]1CCCCCCC. The maximum Gasteiger partial charge on any atom is -0.0386 e. The van der Waals surface area contributed by atoms with Crippen molar-refractivity contribution < 1.29 is 0 Å². The predicted octanol–water partition coefficient (Wildman–Crippen LogP) is 7.51. The van der Waals surface area contributed by atoms with E-state index in [9.17, 15) is 0 Å². The van der Waals surface area contributed by atoms with Gasteiger partial charge in [0.2, 0.25) is 0 Å². The first-order valence-corrected chi connectivity index (χ1v) is 9.88. The smallest absolute Gasteiger partial charge is 0.0386 e. The first-order valence-electron chi connectivity index (χ1n) is 9.88. The molecule has 0 bridgehead atoms. The van der Waals surface area contributed by atoms with Crippen LogP contribution in [-0.4, -0.2) is 0 Å². The third-order valence-corrected chi connectivity index (χ3v) is 5.42. The summed E-state index contributed by atoms with van der Waals surface area (Å²) in [5.74, 6) is 2.21. The van der Waals surface area contributed by atoms with Gasteiger partial charge in [-0.15, -0.1) is 0 Å². The van der Waals surface area contributed by atoms with Crippen LogP contribution in [-0.2, 0) is 0 Å². The Morgan fingerprint density at radius 3 is 1.40 bits per heavy atom. The van der Waals surface area contributed by atoms with Gasteiger partial charge in [0, 0.05) is 0 Å². The van der Waals surface area contributed by atoms with E-state index in [1.165, 1.54) is 77.0 Å². The molecule has 0 nitrogen and oxygen atoms in total. The Bertz CT molecular complexity index is 196. The first kappa shape index (κ1) is 18.1. The molecular weight excluding hydrogens is 240 g/mol. The van der Waals surface area contributed by atoms with Crippen LogP contribution in [0.4, 0.5) is 0 Å². The van der Waals surface area contributed by atoms with Gasteiger partial charge in [-0.3, -0.25) is 0 Å². The second kappa shape index (κ2) is 12.7. The van der Waals surface area contributed by atoms with E-state index >= 15 is 0 Å². The van der Waals surface area contributed by atoms with Crippen LogP contribution in [0.1, 0.15) is 117 Å². The molecule has 0 saturated heterocycles. The van der Waals surface area contributed by atoms with Gasteiger partial charge in [0.05, 0.1) is 0 Å². The Hall–Kier alpha value is 0. The van der Waals surface area contributed by atoms with Crippen molar-refractivity contribution in [1.82, 2.24) is 0 Å². The van der Waals surface area contributed by atoms with Crippen LogP contribution in [0.15, 0.2) is 0 Å². The summed E-state index contributed by atoms with van der Waals surface area (Å²) in [6.45, 7) is 4.62. The highest BCUT2D eigenvalue weighted by Crippen LogP contribution is 2.38. The highest BCUT2D eigenvalue weighted by molar-refractivity contribution is 4.77. The standard InChI is InChI=1S/C20H40/c1-3-5-7-9-11-13-16-20-18-14-17-19(20)15-12-10-8-6-4-2/h19-20H,3-18H2,1-2H3/t19-,20+/m1/s1. The van der Waals surface area contributed by atoms with E-state index in [4.69, 9.17) is 0 Å². The Morgan fingerprint density at radius 1 is 0.550 bits per heavy atom. The van der Waals surface area contributed by atoms with E-state index in [2.05, 4.69) is 13.8 Å². The van der Waals surface area contributed by atoms with E-state index in [0.717, 1.165) is 11.8 Å². The van der Waals surface area contributed by atoms with Crippen LogP contribution >= 0.6 is 0 Å². The summed E-state index contributed by atoms with van der Waals surface area (Å²) in [6.07, 6.45) is 23.8. The van der Waals surface area contributed by atoms with E-state index < -0.39 is 0 Å². The summed E-state index contributed by atoms with van der Waals surface area (Å²) in [7, 11) is 0. The molecule has 0 aromatic heterocycles. The van der Waals surface area contributed by atoms with Crippen LogP contribution < -0.4 is 0 Å². The van der Waals surface area contributed by atoms with Gasteiger partial charge in [0.15, 0.2) is 0 Å². The third kappa shape index (κ3) is 8.32. The summed E-state index contributed by atoms with van der Waals surface area (Å²) in [6, 6.07) is 0. The molecule has 0 amide bonds. The summed E-state index contributed by atoms with van der Waals surface area (Å²) in [4.78, 5) is 0. The summed E-state index contributed by atoms with van der Waals surface area (Å²) < 4.78 is 0. The van der Waals surface area contributed by atoms with Crippen molar-refractivity contribution in [2.45, 2.75) is 117 Å². The zero-order chi connectivity index (χ0) is 14.5. The number of rotatable bonds is 13. The van der Waals surface area contributed by atoms with Gasteiger partial charge in [-0.05, 0) is 11.8 Å². The summed E-state index contributed by atoms with van der Waals surface area (Å²) in [5, 5.41) is 0. The minimum absolute atomic E-state index is 1.10. The zero-order valence-electron chi connectivity index (χ0n) is 14.5. The first-order chi connectivity index (χ1) is 9.88. The molecule has 1 aliphatic rings. The Kier molecular flexibility index (Phi) is 11.5. The number of hydrogen-bond acceptors (Lipinski definition) is 0. The quantitative estimate of drug-likeness (QED) is 0.306. The molecule has 0 aliphatic heterocycles. The van der Waals surface area contributed by atoms with Gasteiger partial charge < -0.3 is 0 Å². The van der Waals surface area contributed by atoms with Crippen LogP contribution in [0, 0.1) is 11.8 Å². The van der Waals surface area contributed by atoms with Crippen molar-refractivity contribution in [3.63, 3.8) is 0 Å². The monoisotopic (exact) mass is 280 g/mol. The second-order valence-corrected chi connectivity index (χ2v) is 7.21. The van der Waals surface area contributed by atoms with Gasteiger partial charge >= 0.3 is 0 Å². The largest absolute Gasteiger partial charge is 0.0654 e. The molecule has 1 saturated carbocycles. The summed E-state index contributed by atoms with van der Waals surface area (Å²) >= 11 is 0. The number of unbranched alkanes of at least 4 members (excludes halogenated alkanes) is 9. The van der Waals surface area contributed by atoms with Gasteiger partial charge in [-0.2, -0.15) is 0 Å². The molecule has 0 aromatic rings. The maximum atomic E-state index is 2.31. The lowest BCUT2D eigenvalue weighted by atomic mass is 9.86. The van der Waals surface area contributed by atoms with E-state index in [0.29, 0.717) is 0 Å². The lowest BCUT2D eigenvalue weighted by Crippen LogP contribution is -2.08. The highest BCUT2D eigenvalue weighted by atomic mass is 14.3. The molecule has 0 spiro atoms. The second-order valence-electron chi connectivity index (χ2n) is 7.21. The fraction of sp³-hybridized carbons (Fsp3) is 1.00. The average molecular weight is 281 g/mol. The van der Waals surface area contributed by atoms with E-state index in [1.807, 2.05) is 0 Å². The molecule has 1 rings (SSSR count). The molecule has 2 atom stereocenters. The normalized spacial score (nSPS) is 22.5.